The second-order valence-corrected chi connectivity index (χ2v) is 27.0. The number of anilines is 1. The Kier molecular flexibility index (Phi) is 27.4. The van der Waals surface area contributed by atoms with Crippen molar-refractivity contribution in [2.75, 3.05) is 190 Å². The molecule has 1 aromatic heterocycles. The zero-order valence-corrected chi connectivity index (χ0v) is 56.5. The summed E-state index contributed by atoms with van der Waals surface area (Å²) < 4.78 is 63.7. The number of hydrogen-bond donors (Lipinski definition) is 3. The van der Waals surface area contributed by atoms with Crippen LogP contribution in [0, 0.1) is 0 Å². The molecule has 490 valence electrons. The van der Waals surface area contributed by atoms with E-state index in [4.69, 9.17) is 74.8 Å². The van der Waals surface area contributed by atoms with E-state index in [2.05, 4.69) is 16.0 Å². The Morgan fingerprint density at radius 1 is 0.644 bits per heavy atom. The molecule has 3 fully saturated rings. The molecular formula is C60H81Cl2InN10O17. The van der Waals surface area contributed by atoms with E-state index in [-0.39, 0.29) is 63.4 Å². The molecule has 30 heteroatoms. The Bertz CT molecular complexity index is 3030. The fourth-order valence-corrected chi connectivity index (χ4v) is 13.3. The zero-order valence-electron chi connectivity index (χ0n) is 51.7. The molecule has 8 rings (SSSR count). The van der Waals surface area contributed by atoms with Gasteiger partial charge in [0.05, 0.1) is 91.2 Å². The standard InChI is InChI=1S/C60H84Cl2N10O17.In/c1-60(2,3)67(4)58(80)56-49-41-89-51-36-50(82-5)47(35-48(51)57(49)72(66-56)46-33-43(61)32-44(62)34-46)42-7-6-8-45(31-42)65-59(81)64-10-20-84-22-24-86-26-28-88-30-29-87-27-25-85-23-21-83-19-9-63-52(73)37-68-11-13-69(38-53(74)75)15-17-71(40-55(78)79)18-16-70(14-12-68)39-54(76)77;/h6-8,31-36H,9-30,37-41H2,1-5H3,(H,63,73)(H,74,75)(H,76,77)(H,78,79)(H2,64,65,81);/q;+3/p-3. The number of halogens is 2. The van der Waals surface area contributed by atoms with Crippen molar-refractivity contribution >= 4 is 87.4 Å². The van der Waals surface area contributed by atoms with Gasteiger partial charge in [0.1, 0.15) is 18.1 Å². The van der Waals surface area contributed by atoms with E-state index in [1.54, 1.807) is 54.1 Å². The van der Waals surface area contributed by atoms with Crippen molar-refractivity contribution in [1.29, 1.82) is 0 Å². The van der Waals surface area contributed by atoms with Crippen molar-refractivity contribution in [1.82, 2.24) is 44.9 Å². The minimum Gasteiger partial charge on any atom is -0.488 e. The summed E-state index contributed by atoms with van der Waals surface area (Å²) in [5, 5.41) is 14.3. The van der Waals surface area contributed by atoms with Gasteiger partial charge >= 0.3 is 197 Å². The Labute approximate surface area is 543 Å². The molecule has 5 heterocycles. The molecule has 3 saturated heterocycles. The predicted molar refractivity (Wildman–Crippen MR) is 332 cm³/mol. The van der Waals surface area contributed by atoms with Gasteiger partial charge in [-0.25, -0.2) is 9.48 Å². The Morgan fingerprint density at radius 3 is 1.66 bits per heavy atom. The van der Waals surface area contributed by atoms with Crippen LogP contribution < -0.4 is 25.4 Å². The van der Waals surface area contributed by atoms with Gasteiger partial charge in [-0.3, -0.25) is 4.79 Å². The van der Waals surface area contributed by atoms with E-state index in [1.807, 2.05) is 64.6 Å². The van der Waals surface area contributed by atoms with Crippen LogP contribution in [0.5, 0.6) is 11.5 Å². The summed E-state index contributed by atoms with van der Waals surface area (Å²) in [6.07, 6.45) is 0. The largest absolute Gasteiger partial charge is 0.488 e. The molecule has 4 aliphatic heterocycles. The first-order chi connectivity index (χ1) is 43.4. The van der Waals surface area contributed by atoms with E-state index < -0.39 is 52.2 Å². The molecular weight excluding hydrogens is 1320 g/mol. The van der Waals surface area contributed by atoms with Gasteiger partial charge in [0.2, 0.25) is 0 Å². The van der Waals surface area contributed by atoms with E-state index in [0.29, 0.717) is 187 Å². The van der Waals surface area contributed by atoms with Crippen molar-refractivity contribution in [3.63, 3.8) is 0 Å². The number of hydrogen-bond acceptors (Lipinski definition) is 22. The maximum absolute atomic E-state index is 14.0. The number of methoxy groups -OCH3 is 1. The molecule has 4 aliphatic rings. The molecule has 0 saturated carbocycles. The first kappa shape index (κ1) is 70.0. The number of carbonyl (C=O) groups excluding carboxylic acids is 6. The fraction of sp³-hybridized carbons (Fsp3) is 0.550. The maximum atomic E-state index is 14.0. The van der Waals surface area contributed by atoms with E-state index >= 15 is 0 Å². The van der Waals surface area contributed by atoms with Crippen LogP contribution in [0.25, 0.3) is 28.1 Å². The number of aromatic nitrogens is 2. The molecule has 90 heavy (non-hydrogen) atoms. The summed E-state index contributed by atoms with van der Waals surface area (Å²) in [6, 6.07) is 15.8. The summed E-state index contributed by atoms with van der Waals surface area (Å²) in [7, 11) is 3.32. The van der Waals surface area contributed by atoms with Gasteiger partial charge in [0, 0.05) is 57.6 Å². The quantitative estimate of drug-likeness (QED) is 0.0687. The first-order valence-corrected chi connectivity index (χ1v) is 34.8. The summed E-state index contributed by atoms with van der Waals surface area (Å²) >= 11 is 8.77. The molecule has 2 atom stereocenters. The normalized spacial score (nSPS) is 18.1. The number of nitrogens with one attached hydrogen (secondary N) is 3. The second-order valence-electron chi connectivity index (χ2n) is 22.4. The number of rotatable bonds is 28. The SMILES string of the molecule is COc1cc2c(cc1-c1cccc(NC(=O)NCCOCCOCCOCCOCCOCCOCCNC(=O)CN3CCN4CCN5CCN(CC3)CC(=O)[O][In]([O]C(=O)C4)[O]C(=O)C5)c1)-c1c(c(C(=O)N(C)C(C)(C)C)nn1-c1cc(Cl)cc(Cl)c1)CO2. The Morgan fingerprint density at radius 2 is 1.14 bits per heavy atom. The van der Waals surface area contributed by atoms with E-state index in [0.717, 1.165) is 5.56 Å². The van der Waals surface area contributed by atoms with Crippen molar-refractivity contribution < 1.29 is 75.2 Å². The Hall–Kier alpha value is -5.86. The number of urea groups is 1. The van der Waals surface area contributed by atoms with Gasteiger partial charge < -0.3 is 53.4 Å². The predicted octanol–water partition coefficient (Wildman–Crippen LogP) is 3.49. The topological polar surface area (TPSA) is 274 Å². The van der Waals surface area contributed by atoms with Crippen LogP contribution in [0.1, 0.15) is 36.8 Å². The molecule has 3 N–H and O–H groups in total. The third kappa shape index (κ3) is 21.6. The van der Waals surface area contributed by atoms with Crippen LogP contribution in [-0.2, 0) is 62.8 Å². The van der Waals surface area contributed by atoms with Crippen LogP contribution in [0.2, 0.25) is 10.0 Å². The van der Waals surface area contributed by atoms with Crippen LogP contribution in [0.4, 0.5) is 10.5 Å². The minimum atomic E-state index is -4.20. The molecule has 27 nitrogen and oxygen atoms in total. The molecule has 2 unspecified atom stereocenters. The van der Waals surface area contributed by atoms with Crippen molar-refractivity contribution in [2.24, 2.45) is 0 Å². The van der Waals surface area contributed by atoms with Crippen molar-refractivity contribution in [3.8, 4) is 39.6 Å². The summed E-state index contributed by atoms with van der Waals surface area (Å²) in [5.74, 6) is -1.15. The summed E-state index contributed by atoms with van der Waals surface area (Å²) in [4.78, 5) is 87.7. The van der Waals surface area contributed by atoms with Gasteiger partial charge in [0.25, 0.3) is 5.91 Å². The van der Waals surface area contributed by atoms with Crippen LogP contribution in [0.15, 0.2) is 54.6 Å². The van der Waals surface area contributed by atoms with Crippen LogP contribution in [0.3, 0.4) is 0 Å². The Balaban J connectivity index is 0.646. The minimum absolute atomic E-state index is 0.0138. The molecule has 0 radical (unpaired) electrons. The smallest absolute Gasteiger partial charge is 0.274 e. The van der Waals surface area contributed by atoms with E-state index in [1.165, 1.54) is 0 Å². The number of fused-ring (bicyclic) bond motifs is 10. The molecule has 4 amide bonds. The molecule has 0 aliphatic carbocycles. The average Bonchev–Trinajstić information content (AvgIpc) is 1.54. The van der Waals surface area contributed by atoms with Gasteiger partial charge in [-0.05, 0) is 62.7 Å². The molecule has 4 bridgehead atoms. The molecule has 0 spiro atoms. The maximum Gasteiger partial charge on any atom is 0.274 e. The number of benzene rings is 3. The van der Waals surface area contributed by atoms with Crippen LogP contribution >= 0.6 is 23.2 Å². The summed E-state index contributed by atoms with van der Waals surface area (Å²) in [6.45, 7) is 14.8. The summed E-state index contributed by atoms with van der Waals surface area (Å²) in [5.41, 5.74) is 4.23. The van der Waals surface area contributed by atoms with Gasteiger partial charge in [-0.2, -0.15) is 5.10 Å². The average molecular weight is 1400 g/mol. The van der Waals surface area contributed by atoms with Gasteiger partial charge in [-0.1, -0.05) is 35.3 Å². The second kappa shape index (κ2) is 35.3. The monoisotopic (exact) mass is 1400 g/mol. The fourth-order valence-electron chi connectivity index (χ4n) is 9.92. The number of nitrogens with zero attached hydrogens (tertiary/aromatic N) is 7. The zero-order chi connectivity index (χ0) is 64.0. The molecule has 4 aromatic rings. The molecule has 3 aromatic carbocycles. The number of ether oxygens (including phenoxy) is 8. The third-order valence-electron chi connectivity index (χ3n) is 14.9. The van der Waals surface area contributed by atoms with Crippen molar-refractivity contribution in [2.45, 2.75) is 32.9 Å². The first-order valence-electron chi connectivity index (χ1n) is 30.0. The number of carbonyl (C=O) groups is 6. The van der Waals surface area contributed by atoms with Crippen LogP contribution in [-0.4, -0.2) is 283 Å². The van der Waals surface area contributed by atoms with E-state index in [9.17, 15) is 28.8 Å². The number of amides is 4. The third-order valence-corrected chi connectivity index (χ3v) is 19.3. The van der Waals surface area contributed by atoms with Gasteiger partial charge in [0.15, 0.2) is 5.69 Å². The van der Waals surface area contributed by atoms with Crippen molar-refractivity contribution in [3.05, 3.63) is 75.9 Å². The van der Waals surface area contributed by atoms with Gasteiger partial charge in [-0.15, -0.1) is 0 Å².